The van der Waals surface area contributed by atoms with Crippen LogP contribution in [-0.4, -0.2) is 39.8 Å². The number of fused-ring (bicyclic) bond motifs is 1. The summed E-state index contributed by atoms with van der Waals surface area (Å²) in [5, 5.41) is 18.6. The van der Waals surface area contributed by atoms with Gasteiger partial charge in [0.15, 0.2) is 0 Å². The van der Waals surface area contributed by atoms with Crippen molar-refractivity contribution in [2.75, 3.05) is 13.7 Å². The number of aromatic nitrogens is 2. The number of ether oxygens (including phenoxy) is 1. The zero-order chi connectivity index (χ0) is 24.7. The second-order valence-corrected chi connectivity index (χ2v) is 9.30. The van der Waals surface area contributed by atoms with Gasteiger partial charge in [0.2, 0.25) is 0 Å². The molecule has 5 rings (SSSR count). The molecule has 2 heterocycles. The third kappa shape index (κ3) is 4.15. The van der Waals surface area contributed by atoms with Gasteiger partial charge in [-0.15, -0.1) is 0 Å². The summed E-state index contributed by atoms with van der Waals surface area (Å²) in [6.07, 6.45) is 0.687. The second kappa shape index (κ2) is 9.12. The van der Waals surface area contributed by atoms with Crippen molar-refractivity contribution in [2.24, 2.45) is 0 Å². The fourth-order valence-corrected chi connectivity index (χ4v) is 4.79. The molecule has 35 heavy (non-hydrogen) atoms. The summed E-state index contributed by atoms with van der Waals surface area (Å²) in [6.45, 7) is 4.39. The predicted octanol–water partition coefficient (Wildman–Crippen LogP) is 5.85. The zero-order valence-corrected chi connectivity index (χ0v) is 20.6. The lowest BCUT2D eigenvalue weighted by molar-refractivity contribution is 0.0746. The molecule has 7 heteroatoms. The lowest BCUT2D eigenvalue weighted by atomic mass is 9.94. The molecule has 1 amide bonds. The van der Waals surface area contributed by atoms with E-state index in [9.17, 15) is 9.90 Å². The Kier molecular flexibility index (Phi) is 5.99. The highest BCUT2D eigenvalue weighted by molar-refractivity contribution is 6.31. The van der Waals surface area contributed by atoms with Crippen molar-refractivity contribution in [3.8, 4) is 22.8 Å². The standard InChI is InChI=1S/C28H26ClN3O3/c1-16-4-8-19(9-5-16)27-24-25(21-15-22(29)17(2)14-23(21)33)30-31-26(24)28(34)32(27)13-12-18-6-10-20(35-3)11-7-18/h4-11,14-15,27,33H,12-13H2,1-3H3,(H,30,31). The van der Waals surface area contributed by atoms with Gasteiger partial charge in [0.25, 0.3) is 5.91 Å². The Balaban J connectivity index is 1.57. The molecule has 0 spiro atoms. The first-order chi connectivity index (χ1) is 16.9. The van der Waals surface area contributed by atoms with Gasteiger partial charge in [-0.1, -0.05) is 53.6 Å². The highest BCUT2D eigenvalue weighted by Gasteiger charge is 2.42. The van der Waals surface area contributed by atoms with E-state index >= 15 is 0 Å². The highest BCUT2D eigenvalue weighted by Crippen LogP contribution is 2.45. The van der Waals surface area contributed by atoms with Gasteiger partial charge in [-0.2, -0.15) is 5.10 Å². The number of hydrogen-bond acceptors (Lipinski definition) is 4. The number of methoxy groups -OCH3 is 1. The largest absolute Gasteiger partial charge is 0.507 e. The molecule has 0 aliphatic carbocycles. The Morgan fingerprint density at radius 2 is 1.80 bits per heavy atom. The lowest BCUT2D eigenvalue weighted by Gasteiger charge is -2.26. The molecule has 1 aromatic heterocycles. The summed E-state index contributed by atoms with van der Waals surface area (Å²) in [5.41, 5.74) is 6.23. The maximum atomic E-state index is 13.6. The smallest absolute Gasteiger partial charge is 0.273 e. The number of hydrogen-bond donors (Lipinski definition) is 2. The number of benzene rings is 3. The molecule has 4 aromatic rings. The van der Waals surface area contributed by atoms with Crippen LogP contribution < -0.4 is 4.74 Å². The van der Waals surface area contributed by atoms with E-state index in [2.05, 4.69) is 10.2 Å². The number of aromatic amines is 1. The van der Waals surface area contributed by atoms with Gasteiger partial charge in [-0.05, 0) is 61.2 Å². The van der Waals surface area contributed by atoms with Crippen molar-refractivity contribution in [1.82, 2.24) is 15.1 Å². The van der Waals surface area contributed by atoms with Crippen LogP contribution in [0.4, 0.5) is 0 Å². The number of aryl methyl sites for hydroxylation is 2. The number of nitrogens with one attached hydrogen (secondary N) is 1. The minimum Gasteiger partial charge on any atom is -0.507 e. The monoisotopic (exact) mass is 487 g/mol. The van der Waals surface area contributed by atoms with Crippen LogP contribution in [0, 0.1) is 13.8 Å². The Morgan fingerprint density at radius 3 is 2.49 bits per heavy atom. The summed E-state index contributed by atoms with van der Waals surface area (Å²) in [7, 11) is 1.64. The number of H-pyrrole nitrogens is 1. The van der Waals surface area contributed by atoms with E-state index in [0.717, 1.165) is 33.6 Å². The summed E-state index contributed by atoms with van der Waals surface area (Å²) in [5.74, 6) is 0.759. The van der Waals surface area contributed by atoms with E-state index in [1.54, 1.807) is 19.2 Å². The average Bonchev–Trinajstić information content (AvgIpc) is 3.40. The van der Waals surface area contributed by atoms with Crippen LogP contribution in [0.3, 0.4) is 0 Å². The van der Waals surface area contributed by atoms with E-state index < -0.39 is 0 Å². The first kappa shape index (κ1) is 23.0. The molecule has 0 bridgehead atoms. The van der Waals surface area contributed by atoms with E-state index in [1.807, 2.05) is 67.3 Å². The Bertz CT molecular complexity index is 1390. The number of phenols is 1. The van der Waals surface area contributed by atoms with Crippen LogP contribution in [0.1, 0.15) is 44.3 Å². The van der Waals surface area contributed by atoms with Crippen molar-refractivity contribution < 1.29 is 14.6 Å². The van der Waals surface area contributed by atoms with Gasteiger partial charge < -0.3 is 14.7 Å². The van der Waals surface area contributed by atoms with Gasteiger partial charge in [-0.3, -0.25) is 9.89 Å². The molecule has 2 N–H and O–H groups in total. The quantitative estimate of drug-likeness (QED) is 0.357. The molecule has 1 unspecified atom stereocenters. The van der Waals surface area contributed by atoms with Gasteiger partial charge in [-0.25, -0.2) is 0 Å². The van der Waals surface area contributed by atoms with E-state index in [-0.39, 0.29) is 17.7 Å². The number of rotatable bonds is 6. The zero-order valence-electron chi connectivity index (χ0n) is 19.8. The molecule has 0 fully saturated rings. The number of carbonyl (C=O) groups is 1. The van der Waals surface area contributed by atoms with Gasteiger partial charge in [0.1, 0.15) is 22.9 Å². The molecular formula is C28H26ClN3O3. The molecule has 1 atom stereocenters. The molecule has 178 valence electrons. The van der Waals surface area contributed by atoms with E-state index in [4.69, 9.17) is 16.3 Å². The minimum atomic E-state index is -0.343. The van der Waals surface area contributed by atoms with Crippen LogP contribution in [0.5, 0.6) is 11.5 Å². The molecule has 0 saturated heterocycles. The van der Waals surface area contributed by atoms with Crippen molar-refractivity contribution in [3.63, 3.8) is 0 Å². The Hall–Kier alpha value is -3.77. The van der Waals surface area contributed by atoms with Gasteiger partial charge >= 0.3 is 0 Å². The SMILES string of the molecule is COc1ccc(CCN2C(=O)c3[nH]nc(-c4cc(Cl)c(C)cc4O)c3C2c2ccc(C)cc2)cc1. The molecule has 0 radical (unpaired) electrons. The van der Waals surface area contributed by atoms with Crippen molar-refractivity contribution in [1.29, 1.82) is 0 Å². The van der Waals surface area contributed by atoms with Gasteiger partial charge in [0, 0.05) is 22.7 Å². The summed E-state index contributed by atoms with van der Waals surface area (Å²) in [4.78, 5) is 15.4. The maximum Gasteiger partial charge on any atom is 0.273 e. The number of carbonyl (C=O) groups excluding carboxylic acids is 1. The first-order valence-electron chi connectivity index (χ1n) is 11.5. The van der Waals surface area contributed by atoms with Gasteiger partial charge in [0.05, 0.1) is 13.2 Å². The molecule has 6 nitrogen and oxygen atoms in total. The second-order valence-electron chi connectivity index (χ2n) is 8.89. The number of phenolic OH excluding ortho intramolecular Hbond substituents is 1. The molecule has 1 aliphatic rings. The van der Waals surface area contributed by atoms with Crippen molar-refractivity contribution >= 4 is 17.5 Å². The van der Waals surface area contributed by atoms with Crippen LogP contribution in [0.25, 0.3) is 11.3 Å². The lowest BCUT2D eigenvalue weighted by Crippen LogP contribution is -2.31. The third-order valence-corrected chi connectivity index (χ3v) is 7.00. The summed E-state index contributed by atoms with van der Waals surface area (Å²) < 4.78 is 5.26. The average molecular weight is 488 g/mol. The number of halogens is 1. The van der Waals surface area contributed by atoms with Crippen LogP contribution >= 0.6 is 11.6 Å². The highest BCUT2D eigenvalue weighted by atomic mass is 35.5. The third-order valence-electron chi connectivity index (χ3n) is 6.59. The summed E-state index contributed by atoms with van der Waals surface area (Å²) >= 11 is 6.39. The summed E-state index contributed by atoms with van der Waals surface area (Å²) in [6, 6.07) is 19.0. The predicted molar refractivity (Wildman–Crippen MR) is 136 cm³/mol. The first-order valence-corrected chi connectivity index (χ1v) is 11.8. The van der Waals surface area contributed by atoms with Crippen LogP contribution in [0.15, 0.2) is 60.7 Å². The minimum absolute atomic E-state index is 0.0768. The van der Waals surface area contributed by atoms with Crippen LogP contribution in [-0.2, 0) is 6.42 Å². The Morgan fingerprint density at radius 1 is 1.09 bits per heavy atom. The Labute approximate surface area is 209 Å². The van der Waals surface area contributed by atoms with Crippen LogP contribution in [0.2, 0.25) is 5.02 Å². The van der Waals surface area contributed by atoms with E-state index in [0.29, 0.717) is 34.9 Å². The fraction of sp³-hybridized carbons (Fsp3) is 0.214. The molecule has 1 aliphatic heterocycles. The number of amides is 1. The van der Waals surface area contributed by atoms with E-state index in [1.165, 1.54) is 0 Å². The normalized spacial score (nSPS) is 14.9. The number of nitrogens with zero attached hydrogens (tertiary/aromatic N) is 2. The topological polar surface area (TPSA) is 78.5 Å². The molecular weight excluding hydrogens is 462 g/mol. The maximum absolute atomic E-state index is 13.6. The fourth-order valence-electron chi connectivity index (χ4n) is 4.63. The van der Waals surface area contributed by atoms with Crippen molar-refractivity contribution in [2.45, 2.75) is 26.3 Å². The van der Waals surface area contributed by atoms with Crippen molar-refractivity contribution in [3.05, 3.63) is 99.2 Å². The molecule has 0 saturated carbocycles. The number of aromatic hydroxyl groups is 1. The molecule has 3 aromatic carbocycles.